The third kappa shape index (κ3) is 3.13. The molecule has 0 aliphatic heterocycles. The lowest BCUT2D eigenvalue weighted by atomic mass is 10.4. The number of rotatable bonds is 5. The fourth-order valence-corrected chi connectivity index (χ4v) is 1.59. The molecule has 0 aliphatic carbocycles. The molecule has 1 aromatic heterocycles. The van der Waals surface area contributed by atoms with Gasteiger partial charge in [0.15, 0.2) is 0 Å². The first kappa shape index (κ1) is 11.2. The van der Waals surface area contributed by atoms with Gasteiger partial charge in [-0.05, 0) is 0 Å². The van der Waals surface area contributed by atoms with E-state index in [2.05, 4.69) is 15.4 Å². The highest BCUT2D eigenvalue weighted by Gasteiger charge is 2.02. The van der Waals surface area contributed by atoms with E-state index >= 15 is 0 Å². The van der Waals surface area contributed by atoms with Gasteiger partial charge < -0.3 is 10.5 Å². The van der Waals surface area contributed by atoms with Crippen LogP contribution < -0.4 is 11.3 Å². The predicted octanol–water partition coefficient (Wildman–Crippen LogP) is 0.409. The van der Waals surface area contributed by atoms with Crippen LogP contribution in [0.1, 0.15) is 12.7 Å². The van der Waals surface area contributed by atoms with Crippen LogP contribution in [0.5, 0.6) is 0 Å². The van der Waals surface area contributed by atoms with Crippen LogP contribution in [-0.2, 0) is 6.42 Å². The molecule has 0 aliphatic rings. The second kappa shape index (κ2) is 5.79. The van der Waals surface area contributed by atoms with Gasteiger partial charge in [0.1, 0.15) is 16.7 Å². The molecule has 1 rings (SSSR count). The van der Waals surface area contributed by atoms with Gasteiger partial charge in [-0.2, -0.15) is 0 Å². The Morgan fingerprint density at radius 1 is 1.57 bits per heavy atom. The molecule has 0 fully saturated rings. The minimum absolute atomic E-state index is 0.140. The van der Waals surface area contributed by atoms with E-state index in [1.165, 1.54) is 11.8 Å². The highest BCUT2D eigenvalue weighted by atomic mass is 32.2. The van der Waals surface area contributed by atoms with Gasteiger partial charge in [0.05, 0.1) is 6.61 Å². The molecule has 0 radical (unpaired) electrons. The number of thioether (sulfide) groups is 1. The summed E-state index contributed by atoms with van der Waals surface area (Å²) in [5.41, 5.74) is 2.49. The second-order valence-electron chi connectivity index (χ2n) is 2.58. The molecule has 1 aromatic rings. The minimum Gasteiger partial charge on any atom is -0.396 e. The summed E-state index contributed by atoms with van der Waals surface area (Å²) in [6.07, 6.45) is 0.766. The van der Waals surface area contributed by atoms with Crippen LogP contribution in [0.15, 0.2) is 11.1 Å². The van der Waals surface area contributed by atoms with Crippen LogP contribution in [0.4, 0.5) is 5.82 Å². The van der Waals surface area contributed by atoms with Crippen molar-refractivity contribution < 1.29 is 5.11 Å². The Morgan fingerprint density at radius 2 is 2.36 bits per heavy atom. The van der Waals surface area contributed by atoms with Gasteiger partial charge in [-0.3, -0.25) is 0 Å². The number of aromatic nitrogens is 2. The third-order valence-corrected chi connectivity index (χ3v) is 2.45. The Kier molecular flexibility index (Phi) is 4.64. The van der Waals surface area contributed by atoms with Crippen LogP contribution in [0.2, 0.25) is 0 Å². The number of nitrogens with one attached hydrogen (secondary N) is 1. The normalized spacial score (nSPS) is 10.2. The molecule has 0 atom stereocenters. The van der Waals surface area contributed by atoms with Crippen molar-refractivity contribution in [2.75, 3.05) is 17.8 Å². The van der Waals surface area contributed by atoms with Crippen molar-refractivity contribution in [1.29, 1.82) is 0 Å². The maximum atomic E-state index is 8.68. The van der Waals surface area contributed by atoms with Crippen molar-refractivity contribution >= 4 is 17.6 Å². The van der Waals surface area contributed by atoms with Crippen LogP contribution in [0.3, 0.4) is 0 Å². The Bertz CT molecular complexity index is 272. The van der Waals surface area contributed by atoms with Gasteiger partial charge in [0.25, 0.3) is 0 Å². The van der Waals surface area contributed by atoms with Crippen molar-refractivity contribution in [2.24, 2.45) is 5.84 Å². The molecule has 0 bridgehead atoms. The molecular formula is C8H14N4OS. The molecule has 5 nitrogen and oxygen atoms in total. The first-order chi connectivity index (χ1) is 6.80. The van der Waals surface area contributed by atoms with Gasteiger partial charge in [0, 0.05) is 18.2 Å². The summed E-state index contributed by atoms with van der Waals surface area (Å²) < 4.78 is 0. The summed E-state index contributed by atoms with van der Waals surface area (Å²) in [6, 6.07) is 1.76. The van der Waals surface area contributed by atoms with E-state index in [1.54, 1.807) is 6.07 Å². The largest absolute Gasteiger partial charge is 0.396 e. The average Bonchev–Trinajstić information content (AvgIpc) is 2.25. The maximum Gasteiger partial charge on any atom is 0.144 e. The molecule has 14 heavy (non-hydrogen) atoms. The summed E-state index contributed by atoms with van der Waals surface area (Å²) in [6.45, 7) is 2.12. The zero-order chi connectivity index (χ0) is 10.4. The Balaban J connectivity index is 2.81. The van der Waals surface area contributed by atoms with Gasteiger partial charge >= 0.3 is 0 Å². The fourth-order valence-electron chi connectivity index (χ4n) is 0.929. The molecule has 0 spiro atoms. The van der Waals surface area contributed by atoms with E-state index in [-0.39, 0.29) is 6.61 Å². The van der Waals surface area contributed by atoms with Gasteiger partial charge in [0.2, 0.25) is 0 Å². The Hall–Kier alpha value is -0.850. The molecule has 6 heteroatoms. The lowest BCUT2D eigenvalue weighted by Crippen LogP contribution is -2.10. The summed E-state index contributed by atoms with van der Waals surface area (Å²) in [7, 11) is 0. The number of aliphatic hydroxyl groups is 1. The number of hydrogen-bond donors (Lipinski definition) is 3. The van der Waals surface area contributed by atoms with Gasteiger partial charge in [-0.1, -0.05) is 6.92 Å². The van der Waals surface area contributed by atoms with Crippen molar-refractivity contribution in [3.63, 3.8) is 0 Å². The molecule has 0 saturated heterocycles. The number of aryl methyl sites for hydroxylation is 1. The number of aliphatic hydroxyl groups excluding tert-OH is 1. The van der Waals surface area contributed by atoms with Crippen molar-refractivity contribution in [2.45, 2.75) is 18.4 Å². The lowest BCUT2D eigenvalue weighted by Gasteiger charge is -2.05. The summed E-state index contributed by atoms with van der Waals surface area (Å²) in [5, 5.41) is 9.51. The van der Waals surface area contributed by atoms with Crippen LogP contribution in [0, 0.1) is 0 Å². The van der Waals surface area contributed by atoms with Crippen LogP contribution >= 0.6 is 11.8 Å². The molecule has 0 aromatic carbocycles. The van der Waals surface area contributed by atoms with Crippen LogP contribution in [0.25, 0.3) is 0 Å². The number of anilines is 1. The average molecular weight is 214 g/mol. The second-order valence-corrected chi connectivity index (χ2v) is 3.69. The van der Waals surface area contributed by atoms with Crippen molar-refractivity contribution in [1.82, 2.24) is 9.97 Å². The number of hydrazine groups is 1. The third-order valence-electron chi connectivity index (χ3n) is 1.55. The first-order valence-corrected chi connectivity index (χ1v) is 5.37. The molecule has 78 valence electrons. The SMILES string of the molecule is CCc1nc(NN)cc(SCCO)n1. The van der Waals surface area contributed by atoms with E-state index in [9.17, 15) is 0 Å². The summed E-state index contributed by atoms with van der Waals surface area (Å²) in [4.78, 5) is 8.44. The number of nitrogens with two attached hydrogens (primary N) is 1. The summed E-state index contributed by atoms with van der Waals surface area (Å²) in [5.74, 6) is 7.26. The molecular weight excluding hydrogens is 200 g/mol. The lowest BCUT2D eigenvalue weighted by molar-refractivity contribution is 0.322. The summed E-state index contributed by atoms with van der Waals surface area (Å²) >= 11 is 1.48. The highest BCUT2D eigenvalue weighted by molar-refractivity contribution is 7.99. The standard InChI is InChI=1S/C8H14N4OS/c1-2-6-10-7(12-9)5-8(11-6)14-4-3-13/h5,13H,2-4,9H2,1H3,(H,10,11,12). The molecule has 4 N–H and O–H groups in total. The van der Waals surface area contributed by atoms with Crippen LogP contribution in [-0.4, -0.2) is 27.4 Å². The Morgan fingerprint density at radius 3 is 2.93 bits per heavy atom. The molecule has 1 heterocycles. The topological polar surface area (TPSA) is 84.1 Å². The van der Waals surface area contributed by atoms with E-state index in [1.807, 2.05) is 6.92 Å². The van der Waals surface area contributed by atoms with E-state index in [4.69, 9.17) is 10.9 Å². The number of hydrogen-bond acceptors (Lipinski definition) is 6. The zero-order valence-electron chi connectivity index (χ0n) is 8.03. The molecule has 0 amide bonds. The quantitative estimate of drug-likeness (QED) is 0.285. The van der Waals surface area contributed by atoms with Crippen molar-refractivity contribution in [3.8, 4) is 0 Å². The van der Waals surface area contributed by atoms with E-state index < -0.39 is 0 Å². The molecule has 0 unspecified atom stereocenters. The van der Waals surface area contributed by atoms with Gasteiger partial charge in [-0.15, -0.1) is 11.8 Å². The first-order valence-electron chi connectivity index (χ1n) is 4.38. The number of nitrogens with zero attached hydrogens (tertiary/aromatic N) is 2. The smallest absolute Gasteiger partial charge is 0.144 e. The zero-order valence-corrected chi connectivity index (χ0v) is 8.84. The minimum atomic E-state index is 0.140. The highest BCUT2D eigenvalue weighted by Crippen LogP contribution is 2.17. The van der Waals surface area contributed by atoms with Crippen molar-refractivity contribution in [3.05, 3.63) is 11.9 Å². The molecule has 0 saturated carbocycles. The van der Waals surface area contributed by atoms with Gasteiger partial charge in [-0.25, -0.2) is 15.8 Å². The maximum absolute atomic E-state index is 8.68. The predicted molar refractivity (Wildman–Crippen MR) is 57.0 cm³/mol. The fraction of sp³-hybridized carbons (Fsp3) is 0.500. The van der Waals surface area contributed by atoms with E-state index in [0.717, 1.165) is 17.3 Å². The van der Waals surface area contributed by atoms with E-state index in [0.29, 0.717) is 11.6 Å². The number of nitrogen functional groups attached to an aromatic ring is 1. The monoisotopic (exact) mass is 214 g/mol. The Labute approximate surface area is 87.1 Å².